The molecule has 2 nitrogen and oxygen atoms in total. The monoisotopic (exact) mass is 236 g/mol. The molecular formula is C13H20O2Si. The molecule has 0 spiro atoms. The molecule has 0 atom stereocenters. The van der Waals surface area contributed by atoms with Crippen LogP contribution in [-0.4, -0.2) is 16.2 Å². The van der Waals surface area contributed by atoms with Crippen molar-refractivity contribution in [2.45, 2.75) is 38.8 Å². The number of hydrogen-bond donors (Lipinski definition) is 0. The summed E-state index contributed by atoms with van der Waals surface area (Å²) >= 11 is 0. The second-order valence-corrected chi connectivity index (χ2v) is 5.55. The van der Waals surface area contributed by atoms with Crippen molar-refractivity contribution in [2.24, 2.45) is 0 Å². The first-order valence-corrected chi connectivity index (χ1v) is 7.16. The van der Waals surface area contributed by atoms with E-state index in [1.807, 2.05) is 13.8 Å². The number of aryl methyl sites for hydroxylation is 1. The molecular weight excluding hydrogens is 216 g/mol. The lowest BCUT2D eigenvalue weighted by atomic mass is 9.96. The quantitative estimate of drug-likeness (QED) is 0.589. The molecule has 0 radical (unpaired) electrons. The minimum atomic E-state index is -0.536. The largest absolute Gasteiger partial charge is 0.455 e. The number of benzene rings is 1. The van der Waals surface area contributed by atoms with E-state index >= 15 is 0 Å². The van der Waals surface area contributed by atoms with Crippen LogP contribution in [0.3, 0.4) is 0 Å². The van der Waals surface area contributed by atoms with Crippen molar-refractivity contribution in [1.82, 2.24) is 0 Å². The van der Waals surface area contributed by atoms with E-state index < -0.39 is 5.60 Å². The molecule has 1 rings (SSSR count). The number of rotatable bonds is 4. The zero-order valence-electron chi connectivity index (χ0n) is 10.5. The summed E-state index contributed by atoms with van der Waals surface area (Å²) in [6.07, 6.45) is 1.15. The predicted molar refractivity (Wildman–Crippen MR) is 69.7 cm³/mol. The Labute approximate surface area is 100 Å². The molecule has 88 valence electrons. The van der Waals surface area contributed by atoms with Crippen molar-refractivity contribution >= 4 is 16.2 Å². The molecule has 0 aliphatic carbocycles. The summed E-state index contributed by atoms with van der Waals surface area (Å²) in [6.45, 7) is 5.27. The van der Waals surface area contributed by atoms with E-state index in [4.69, 9.17) is 4.74 Å². The Morgan fingerprint density at radius 1 is 1.31 bits per heavy atom. The van der Waals surface area contributed by atoms with Crippen LogP contribution in [0.25, 0.3) is 0 Å². The predicted octanol–water partition coefficient (Wildman–Crippen LogP) is 1.81. The van der Waals surface area contributed by atoms with Crippen molar-refractivity contribution in [3.63, 3.8) is 0 Å². The van der Waals surface area contributed by atoms with Crippen molar-refractivity contribution in [3.8, 4) is 0 Å². The first-order chi connectivity index (χ1) is 7.45. The van der Waals surface area contributed by atoms with Gasteiger partial charge < -0.3 is 4.74 Å². The first-order valence-electron chi connectivity index (χ1n) is 5.74. The standard InChI is InChI=1S/C13H20O2Si/c1-10(14)15-13(2,3)12-6-4-11(5-7-12)8-9-16/h4-7H,8-9H2,1-3,16H3. The summed E-state index contributed by atoms with van der Waals surface area (Å²) < 4.78 is 5.29. The van der Waals surface area contributed by atoms with E-state index in [1.54, 1.807) is 0 Å². The second kappa shape index (κ2) is 5.30. The smallest absolute Gasteiger partial charge is 0.303 e. The molecule has 0 N–H and O–H groups in total. The first kappa shape index (κ1) is 13.0. The van der Waals surface area contributed by atoms with Crippen LogP contribution in [0, 0.1) is 0 Å². The van der Waals surface area contributed by atoms with Crippen molar-refractivity contribution in [1.29, 1.82) is 0 Å². The Balaban J connectivity index is 2.83. The molecule has 0 aliphatic heterocycles. The molecule has 0 fully saturated rings. The second-order valence-electron chi connectivity index (χ2n) is 4.55. The van der Waals surface area contributed by atoms with Gasteiger partial charge in [-0.25, -0.2) is 0 Å². The molecule has 0 amide bonds. The molecule has 1 aromatic carbocycles. The fraction of sp³-hybridized carbons (Fsp3) is 0.462. The van der Waals surface area contributed by atoms with E-state index in [9.17, 15) is 4.79 Å². The average molecular weight is 236 g/mol. The van der Waals surface area contributed by atoms with E-state index in [2.05, 4.69) is 24.3 Å². The highest BCUT2D eigenvalue weighted by atomic mass is 28.1. The van der Waals surface area contributed by atoms with Gasteiger partial charge in [-0.2, -0.15) is 0 Å². The number of ether oxygens (including phenoxy) is 1. The van der Waals surface area contributed by atoms with Gasteiger partial charge in [0, 0.05) is 17.2 Å². The zero-order valence-corrected chi connectivity index (χ0v) is 12.5. The Morgan fingerprint density at radius 3 is 2.31 bits per heavy atom. The molecule has 0 aliphatic rings. The van der Waals surface area contributed by atoms with Crippen molar-refractivity contribution in [2.75, 3.05) is 0 Å². The molecule has 0 saturated carbocycles. The fourth-order valence-corrected chi connectivity index (χ4v) is 2.36. The summed E-state index contributed by atoms with van der Waals surface area (Å²) in [4.78, 5) is 11.0. The minimum absolute atomic E-state index is 0.242. The SMILES string of the molecule is CC(=O)OC(C)(C)c1ccc(CC[SiH3])cc1. The normalized spacial score (nSPS) is 11.4. The summed E-state index contributed by atoms with van der Waals surface area (Å²) in [5.74, 6) is -0.242. The van der Waals surface area contributed by atoms with Gasteiger partial charge in [0.2, 0.25) is 0 Å². The highest BCUT2D eigenvalue weighted by molar-refractivity contribution is 6.08. The van der Waals surface area contributed by atoms with Crippen LogP contribution in [0.5, 0.6) is 0 Å². The summed E-state index contributed by atoms with van der Waals surface area (Å²) in [5, 5.41) is 0. The van der Waals surface area contributed by atoms with Gasteiger partial charge in [0.05, 0.1) is 0 Å². The maximum atomic E-state index is 11.0. The van der Waals surface area contributed by atoms with Gasteiger partial charge >= 0.3 is 5.97 Å². The van der Waals surface area contributed by atoms with Gasteiger partial charge in [-0.05, 0) is 31.4 Å². The van der Waals surface area contributed by atoms with E-state index in [-0.39, 0.29) is 5.97 Å². The topological polar surface area (TPSA) is 26.3 Å². The molecule has 1 aromatic rings. The summed E-state index contributed by atoms with van der Waals surface area (Å²) in [5.41, 5.74) is 1.86. The zero-order chi connectivity index (χ0) is 12.2. The van der Waals surface area contributed by atoms with Crippen LogP contribution in [-0.2, 0) is 21.6 Å². The Bertz CT molecular complexity index is 355. The van der Waals surface area contributed by atoms with Gasteiger partial charge in [0.25, 0.3) is 0 Å². The van der Waals surface area contributed by atoms with Crippen LogP contribution < -0.4 is 0 Å². The fourth-order valence-electron chi connectivity index (χ4n) is 1.78. The molecule has 0 saturated heterocycles. The van der Waals surface area contributed by atoms with Crippen LogP contribution in [0.15, 0.2) is 24.3 Å². The van der Waals surface area contributed by atoms with Crippen molar-refractivity contribution < 1.29 is 9.53 Å². The lowest BCUT2D eigenvalue weighted by molar-refractivity contribution is -0.154. The number of carbonyl (C=O) groups is 1. The molecule has 0 bridgehead atoms. The van der Waals surface area contributed by atoms with E-state index in [0.29, 0.717) is 0 Å². The van der Waals surface area contributed by atoms with Crippen LogP contribution in [0.1, 0.15) is 31.9 Å². The summed E-state index contributed by atoms with van der Waals surface area (Å²) in [6, 6.07) is 9.63. The molecule has 0 aromatic heterocycles. The highest BCUT2D eigenvalue weighted by Gasteiger charge is 2.23. The third-order valence-electron chi connectivity index (χ3n) is 2.59. The molecule has 0 heterocycles. The van der Waals surface area contributed by atoms with Crippen molar-refractivity contribution in [3.05, 3.63) is 35.4 Å². The van der Waals surface area contributed by atoms with Crippen LogP contribution in [0.4, 0.5) is 0 Å². The number of carbonyl (C=O) groups excluding carboxylic acids is 1. The van der Waals surface area contributed by atoms with Gasteiger partial charge in [-0.1, -0.05) is 30.3 Å². The van der Waals surface area contributed by atoms with E-state index in [0.717, 1.165) is 12.0 Å². The highest BCUT2D eigenvalue weighted by Crippen LogP contribution is 2.25. The average Bonchev–Trinajstić information content (AvgIpc) is 2.17. The molecule has 3 heteroatoms. The van der Waals surface area contributed by atoms with Gasteiger partial charge in [-0.15, -0.1) is 0 Å². The minimum Gasteiger partial charge on any atom is -0.455 e. The maximum Gasteiger partial charge on any atom is 0.303 e. The third kappa shape index (κ3) is 3.49. The van der Waals surface area contributed by atoms with E-state index in [1.165, 1.54) is 28.8 Å². The Hall–Kier alpha value is -1.09. The van der Waals surface area contributed by atoms with Gasteiger partial charge in [0.1, 0.15) is 5.60 Å². The Kier molecular flexibility index (Phi) is 4.30. The Morgan fingerprint density at radius 2 is 1.88 bits per heavy atom. The number of hydrogen-bond acceptors (Lipinski definition) is 2. The third-order valence-corrected chi connectivity index (χ3v) is 3.09. The molecule has 16 heavy (non-hydrogen) atoms. The lowest BCUT2D eigenvalue weighted by Gasteiger charge is -2.25. The molecule has 0 unspecified atom stereocenters. The lowest BCUT2D eigenvalue weighted by Crippen LogP contribution is -2.24. The van der Waals surface area contributed by atoms with Gasteiger partial charge in [0.15, 0.2) is 0 Å². The number of esters is 1. The van der Waals surface area contributed by atoms with Gasteiger partial charge in [-0.3, -0.25) is 4.79 Å². The van der Waals surface area contributed by atoms with Crippen LogP contribution in [0.2, 0.25) is 6.04 Å². The summed E-state index contributed by atoms with van der Waals surface area (Å²) in [7, 11) is 1.24. The van der Waals surface area contributed by atoms with Crippen LogP contribution >= 0.6 is 0 Å². The maximum absolute atomic E-state index is 11.0.